The van der Waals surface area contributed by atoms with Crippen LogP contribution in [-0.4, -0.2) is 107 Å². The highest BCUT2D eigenvalue weighted by Crippen LogP contribution is 2.29. The van der Waals surface area contributed by atoms with Gasteiger partial charge in [0.1, 0.15) is 5.82 Å². The van der Waals surface area contributed by atoms with Gasteiger partial charge in [0, 0.05) is 18.4 Å². The Balaban J connectivity index is 0.00000173. The highest BCUT2D eigenvalue weighted by atomic mass is 19.4. The number of carbonyl (C=O) groups excluding carboxylic acids is 2. The molecular weight excluding hydrogens is 846 g/mol. The van der Waals surface area contributed by atoms with Crippen LogP contribution in [0.4, 0.5) is 40.9 Å². The Morgan fingerprint density at radius 1 is 0.677 bits per heavy atom. The van der Waals surface area contributed by atoms with Gasteiger partial charge in [0.05, 0.1) is 78.0 Å². The van der Waals surface area contributed by atoms with Gasteiger partial charge in [-0.05, 0) is 55.4 Å². The van der Waals surface area contributed by atoms with Gasteiger partial charge >= 0.3 is 18.1 Å². The van der Waals surface area contributed by atoms with E-state index in [9.17, 15) is 44.7 Å². The zero-order valence-electron chi connectivity index (χ0n) is 34.3. The number of benzene rings is 2. The number of nitrogen functional groups attached to an aromatic ring is 1. The zero-order chi connectivity index (χ0) is 45.9. The summed E-state index contributed by atoms with van der Waals surface area (Å²) in [5.41, 5.74) is 9.56. The van der Waals surface area contributed by atoms with E-state index in [0.717, 1.165) is 49.6 Å². The summed E-state index contributed by atoms with van der Waals surface area (Å²) < 4.78 is 129. The first-order valence-electron chi connectivity index (χ1n) is 19.9. The molecule has 0 atom stereocenters. The number of nitrogens with zero attached hydrogens (tertiary/aromatic N) is 1. The number of hydrogen-bond donors (Lipinski definition) is 3. The molecule has 0 aliphatic carbocycles. The molecule has 62 heavy (non-hydrogen) atoms. The first-order valence-corrected chi connectivity index (χ1v) is 19.9. The standard InChI is InChI=1S/C39H52F5N3O8.C2HF3O2/c1-2-3-5-10-28-26-29-27(11-8-12-30(29)47-39(28)45)9-6-4-7-15-46-31(48)13-16-50-18-20-52-22-24-54-25-23-53-21-19-51-17-14-32(49)55-38-36(43)34(41)33(40)35(42)37(38)44;3-2(4,5)1(6)7/h8,11-12,26H,2-7,9-10,13-25H2,1H3,(H2,45,47)(H,46,48);(H,6,7). The van der Waals surface area contributed by atoms with Crippen molar-refractivity contribution >= 4 is 34.6 Å². The van der Waals surface area contributed by atoms with Crippen molar-refractivity contribution in [3.8, 4) is 5.75 Å². The fourth-order valence-electron chi connectivity index (χ4n) is 5.37. The molecule has 21 heteroatoms. The average Bonchev–Trinajstić information content (AvgIpc) is 3.23. The molecule has 1 amide bonds. The molecule has 348 valence electrons. The fraction of sp³-hybridized carbons (Fsp3) is 0.561. The van der Waals surface area contributed by atoms with Crippen LogP contribution in [0.5, 0.6) is 5.75 Å². The molecule has 0 saturated carbocycles. The van der Waals surface area contributed by atoms with E-state index in [1.807, 2.05) is 12.1 Å². The monoisotopic (exact) mass is 899 g/mol. The molecule has 0 spiro atoms. The van der Waals surface area contributed by atoms with Crippen LogP contribution in [0.1, 0.15) is 69.4 Å². The summed E-state index contributed by atoms with van der Waals surface area (Å²) in [7, 11) is 0. The van der Waals surface area contributed by atoms with E-state index in [0.29, 0.717) is 52.0 Å². The number of aliphatic carboxylic acids is 1. The SMILES string of the molecule is CCCCCc1cc2c(CCCCCNC(=O)CCOCCOCCOCCOCCOCCC(=O)Oc3c(F)c(F)c(F)c(F)c3F)cccc2nc1N.O=C(O)C(F)(F)F. The summed E-state index contributed by atoms with van der Waals surface area (Å²) in [6.45, 7) is 5.05. The molecule has 0 fully saturated rings. The smallest absolute Gasteiger partial charge is 0.475 e. The van der Waals surface area contributed by atoms with Gasteiger partial charge in [0.15, 0.2) is 0 Å². The number of hydrogen-bond acceptors (Lipinski definition) is 11. The minimum atomic E-state index is -5.08. The lowest BCUT2D eigenvalue weighted by Gasteiger charge is -2.11. The van der Waals surface area contributed by atoms with Crippen LogP contribution in [0.25, 0.3) is 10.9 Å². The Morgan fingerprint density at radius 2 is 1.16 bits per heavy atom. The predicted octanol–water partition coefficient (Wildman–Crippen LogP) is 7.18. The van der Waals surface area contributed by atoms with E-state index >= 15 is 0 Å². The normalized spacial score (nSPS) is 11.4. The van der Waals surface area contributed by atoms with Crippen molar-refractivity contribution in [1.29, 1.82) is 0 Å². The molecule has 3 rings (SSSR count). The molecule has 0 bridgehead atoms. The highest BCUT2D eigenvalue weighted by molar-refractivity contribution is 5.84. The molecule has 0 radical (unpaired) electrons. The lowest BCUT2D eigenvalue weighted by molar-refractivity contribution is -0.192. The van der Waals surface area contributed by atoms with E-state index in [2.05, 4.69) is 34.1 Å². The first kappa shape index (κ1) is 53.4. The number of unbranched alkanes of at least 4 members (excludes halogenated alkanes) is 4. The third-order valence-corrected chi connectivity index (χ3v) is 8.60. The van der Waals surface area contributed by atoms with Crippen molar-refractivity contribution in [2.75, 3.05) is 78.3 Å². The third-order valence-electron chi connectivity index (χ3n) is 8.60. The van der Waals surface area contributed by atoms with Crippen molar-refractivity contribution in [2.24, 2.45) is 0 Å². The molecule has 0 aliphatic rings. The highest BCUT2D eigenvalue weighted by Gasteiger charge is 2.38. The van der Waals surface area contributed by atoms with Gasteiger partial charge < -0.3 is 44.6 Å². The Bertz CT molecular complexity index is 1810. The second kappa shape index (κ2) is 29.6. The Kier molecular flexibility index (Phi) is 25.5. The number of alkyl halides is 3. The number of aryl methyl sites for hydroxylation is 2. The Morgan fingerprint density at radius 3 is 1.69 bits per heavy atom. The van der Waals surface area contributed by atoms with Crippen molar-refractivity contribution in [2.45, 2.75) is 77.3 Å². The summed E-state index contributed by atoms with van der Waals surface area (Å²) in [4.78, 5) is 37.4. The number of carbonyl (C=O) groups is 3. The number of aromatic nitrogens is 1. The maximum absolute atomic E-state index is 13.6. The van der Waals surface area contributed by atoms with Crippen LogP contribution in [0.2, 0.25) is 0 Å². The lowest BCUT2D eigenvalue weighted by atomic mass is 9.99. The van der Waals surface area contributed by atoms with Gasteiger partial charge in [-0.2, -0.15) is 22.0 Å². The number of rotatable bonds is 29. The maximum atomic E-state index is 13.6. The van der Waals surface area contributed by atoms with Gasteiger partial charge in [-0.3, -0.25) is 9.59 Å². The Labute approximate surface area is 353 Å². The summed E-state index contributed by atoms with van der Waals surface area (Å²) in [6, 6.07) is 8.41. The summed E-state index contributed by atoms with van der Waals surface area (Å²) in [5.74, 6) is -16.3. The number of anilines is 1. The second-order valence-corrected chi connectivity index (χ2v) is 13.4. The lowest BCUT2D eigenvalue weighted by Crippen LogP contribution is -2.25. The van der Waals surface area contributed by atoms with E-state index in [1.165, 1.54) is 23.8 Å². The van der Waals surface area contributed by atoms with Gasteiger partial charge in [-0.1, -0.05) is 38.3 Å². The van der Waals surface area contributed by atoms with E-state index in [1.54, 1.807) is 0 Å². The van der Waals surface area contributed by atoms with Crippen molar-refractivity contribution in [1.82, 2.24) is 10.3 Å². The molecule has 0 unspecified atom stereocenters. The fourth-order valence-corrected chi connectivity index (χ4v) is 5.37. The number of nitrogens with one attached hydrogen (secondary N) is 1. The minimum absolute atomic E-state index is 0.0483. The number of fused-ring (bicyclic) bond motifs is 1. The second-order valence-electron chi connectivity index (χ2n) is 13.4. The van der Waals surface area contributed by atoms with Gasteiger partial charge in [0.25, 0.3) is 0 Å². The van der Waals surface area contributed by atoms with Crippen LogP contribution in [-0.2, 0) is 50.9 Å². The topological polar surface area (TPSA) is 178 Å². The van der Waals surface area contributed by atoms with Crippen molar-refractivity contribution < 1.29 is 83.0 Å². The number of amides is 1. The summed E-state index contributed by atoms with van der Waals surface area (Å²) in [6.07, 6.45) is 2.97. The molecule has 3 aromatic rings. The van der Waals surface area contributed by atoms with Gasteiger partial charge in [-0.15, -0.1) is 0 Å². The molecule has 2 aromatic carbocycles. The summed E-state index contributed by atoms with van der Waals surface area (Å²) in [5, 5.41) is 11.2. The summed E-state index contributed by atoms with van der Waals surface area (Å²) >= 11 is 0. The number of nitrogens with two attached hydrogens (primary N) is 1. The van der Waals surface area contributed by atoms with Gasteiger partial charge in [0.2, 0.25) is 40.7 Å². The molecule has 1 aromatic heterocycles. The quantitative estimate of drug-likeness (QED) is 0.0160. The Hall–Kier alpha value is -4.70. The molecule has 0 aliphatic heterocycles. The van der Waals surface area contributed by atoms with Gasteiger partial charge in [-0.25, -0.2) is 22.9 Å². The van der Waals surface area contributed by atoms with Crippen LogP contribution < -0.4 is 15.8 Å². The van der Waals surface area contributed by atoms with Crippen LogP contribution >= 0.6 is 0 Å². The van der Waals surface area contributed by atoms with Crippen molar-refractivity contribution in [3.63, 3.8) is 0 Å². The third kappa shape index (κ3) is 20.4. The molecule has 4 N–H and O–H groups in total. The first-order chi connectivity index (χ1) is 29.6. The minimum Gasteiger partial charge on any atom is -0.475 e. The number of carboxylic acids is 1. The number of halogens is 8. The zero-order valence-corrected chi connectivity index (χ0v) is 34.3. The van der Waals surface area contributed by atoms with Crippen LogP contribution in [0, 0.1) is 29.1 Å². The molecule has 0 saturated heterocycles. The van der Waals surface area contributed by atoms with Crippen molar-refractivity contribution in [3.05, 3.63) is 64.5 Å². The van der Waals surface area contributed by atoms with Crippen LogP contribution in [0.15, 0.2) is 24.3 Å². The number of esters is 1. The van der Waals surface area contributed by atoms with E-state index in [4.69, 9.17) is 39.3 Å². The number of pyridine rings is 1. The largest absolute Gasteiger partial charge is 0.490 e. The predicted molar refractivity (Wildman–Crippen MR) is 209 cm³/mol. The molecular formula is C41H53F8N3O10. The van der Waals surface area contributed by atoms with E-state index < -0.39 is 59.4 Å². The molecule has 1 heterocycles. The average molecular weight is 900 g/mol. The maximum Gasteiger partial charge on any atom is 0.490 e. The molecule has 13 nitrogen and oxygen atoms in total. The van der Waals surface area contributed by atoms with E-state index in [-0.39, 0.29) is 38.8 Å². The number of carboxylic acid groups (broad SMARTS) is 1. The number of ether oxygens (including phenoxy) is 6. The van der Waals surface area contributed by atoms with Crippen LogP contribution in [0.3, 0.4) is 0 Å².